The predicted octanol–water partition coefficient (Wildman–Crippen LogP) is 23.6. The van der Waals surface area contributed by atoms with Gasteiger partial charge in [-0.25, -0.2) is 0 Å². The highest BCUT2D eigenvalue weighted by atomic mass is 16.6. The summed E-state index contributed by atoms with van der Waals surface area (Å²) in [6.07, 6.45) is 95.0. The summed E-state index contributed by atoms with van der Waals surface area (Å²) in [6, 6.07) is 0. The van der Waals surface area contributed by atoms with Gasteiger partial charge in [0.05, 0.1) is 0 Å². The molecule has 6 nitrogen and oxygen atoms in total. The van der Waals surface area contributed by atoms with Crippen molar-refractivity contribution in [3.8, 4) is 0 Å². The molecule has 6 heteroatoms. The van der Waals surface area contributed by atoms with Gasteiger partial charge in [-0.2, -0.15) is 0 Å². The summed E-state index contributed by atoms with van der Waals surface area (Å²) >= 11 is 0. The van der Waals surface area contributed by atoms with Gasteiger partial charge in [-0.15, -0.1) is 0 Å². The highest BCUT2D eigenvalue weighted by Gasteiger charge is 2.19. The molecule has 0 amide bonds. The number of unbranched alkanes of at least 4 members (excludes halogenated alkanes) is 30. The summed E-state index contributed by atoms with van der Waals surface area (Å²) in [5, 5.41) is 0. The lowest BCUT2D eigenvalue weighted by Crippen LogP contribution is -2.30. The van der Waals surface area contributed by atoms with E-state index in [1.165, 1.54) is 148 Å². The Labute approximate surface area is 501 Å². The average molecular weight is 1120 g/mol. The van der Waals surface area contributed by atoms with Crippen LogP contribution >= 0.6 is 0 Å². The van der Waals surface area contributed by atoms with Gasteiger partial charge in [0.15, 0.2) is 6.10 Å². The van der Waals surface area contributed by atoms with Crippen LogP contribution in [0.5, 0.6) is 0 Å². The number of hydrogen-bond acceptors (Lipinski definition) is 6. The minimum Gasteiger partial charge on any atom is -0.462 e. The minimum absolute atomic E-state index is 0.0921. The number of carbonyl (C=O) groups excluding carboxylic acids is 3. The Balaban J connectivity index is 4.33. The third-order valence-corrected chi connectivity index (χ3v) is 14.4. The Morgan fingerprint density at radius 2 is 0.481 bits per heavy atom. The van der Waals surface area contributed by atoms with Crippen molar-refractivity contribution in [3.05, 3.63) is 122 Å². The van der Waals surface area contributed by atoms with Crippen molar-refractivity contribution in [1.29, 1.82) is 0 Å². The molecule has 0 fully saturated rings. The summed E-state index contributed by atoms with van der Waals surface area (Å²) < 4.78 is 16.9. The van der Waals surface area contributed by atoms with Crippen molar-refractivity contribution < 1.29 is 28.6 Å². The number of esters is 3. The van der Waals surface area contributed by atoms with Crippen molar-refractivity contribution >= 4 is 17.9 Å². The molecule has 0 radical (unpaired) electrons. The van der Waals surface area contributed by atoms with E-state index in [2.05, 4.69) is 142 Å². The van der Waals surface area contributed by atoms with Gasteiger partial charge in [-0.3, -0.25) is 14.4 Å². The molecule has 0 heterocycles. The Morgan fingerprint density at radius 1 is 0.259 bits per heavy atom. The van der Waals surface area contributed by atoms with Crippen molar-refractivity contribution in [2.24, 2.45) is 0 Å². The van der Waals surface area contributed by atoms with Crippen LogP contribution in [0.3, 0.4) is 0 Å². The minimum atomic E-state index is -0.798. The topological polar surface area (TPSA) is 78.9 Å². The largest absolute Gasteiger partial charge is 0.462 e. The van der Waals surface area contributed by atoms with Gasteiger partial charge in [0.2, 0.25) is 0 Å². The van der Waals surface area contributed by atoms with Gasteiger partial charge < -0.3 is 14.2 Å². The molecule has 0 bridgehead atoms. The third kappa shape index (κ3) is 66.5. The number of ether oxygens (including phenoxy) is 3. The van der Waals surface area contributed by atoms with Crippen LogP contribution in [-0.4, -0.2) is 37.2 Å². The lowest BCUT2D eigenvalue weighted by Gasteiger charge is -2.18. The maximum absolute atomic E-state index is 12.9. The fourth-order valence-corrected chi connectivity index (χ4v) is 9.40. The van der Waals surface area contributed by atoms with E-state index in [0.717, 1.165) is 128 Å². The van der Waals surface area contributed by atoms with E-state index in [4.69, 9.17) is 14.2 Å². The Bertz CT molecular complexity index is 1670. The molecule has 0 spiro atoms. The van der Waals surface area contributed by atoms with Crippen LogP contribution in [0.4, 0.5) is 0 Å². The lowest BCUT2D eigenvalue weighted by molar-refractivity contribution is -0.167. The first kappa shape index (κ1) is 76.8. The fourth-order valence-electron chi connectivity index (χ4n) is 9.40. The van der Waals surface area contributed by atoms with Crippen LogP contribution in [0.25, 0.3) is 0 Å². The second-order valence-corrected chi connectivity index (χ2v) is 22.3. The number of allylic oxidation sites excluding steroid dienone is 20. The molecule has 0 aromatic heterocycles. The second-order valence-electron chi connectivity index (χ2n) is 22.3. The van der Waals surface area contributed by atoms with Gasteiger partial charge in [0, 0.05) is 19.3 Å². The van der Waals surface area contributed by atoms with E-state index in [1.54, 1.807) is 0 Å². The van der Waals surface area contributed by atoms with Gasteiger partial charge >= 0.3 is 17.9 Å². The van der Waals surface area contributed by atoms with Gasteiger partial charge in [-0.1, -0.05) is 290 Å². The summed E-state index contributed by atoms with van der Waals surface area (Å²) in [6.45, 7) is 6.40. The first-order chi connectivity index (χ1) is 40.0. The highest BCUT2D eigenvalue weighted by Crippen LogP contribution is 2.16. The van der Waals surface area contributed by atoms with E-state index < -0.39 is 6.10 Å². The monoisotopic (exact) mass is 1120 g/mol. The molecule has 1 unspecified atom stereocenters. The van der Waals surface area contributed by atoms with E-state index in [0.29, 0.717) is 19.3 Å². The molecule has 462 valence electrons. The normalized spacial score (nSPS) is 12.9. The van der Waals surface area contributed by atoms with E-state index >= 15 is 0 Å². The molecule has 0 aromatic rings. The molecule has 81 heavy (non-hydrogen) atoms. The average Bonchev–Trinajstić information content (AvgIpc) is 3.46. The summed E-state index contributed by atoms with van der Waals surface area (Å²) in [5.41, 5.74) is 0. The SMILES string of the molecule is CC/C=C\C/C=C\C/C=C\C/C=C\C/C=C\CCCCCCCCCCCC(=O)OCC(COC(=O)CCCCC/C=C\C/C=C\C/C=C\CC)OC(=O)CCCCCCCCCCCCCCC/C=C\C/C=C\CCCCCCC. The van der Waals surface area contributed by atoms with Crippen LogP contribution < -0.4 is 0 Å². The molecule has 0 rings (SSSR count). The van der Waals surface area contributed by atoms with Gasteiger partial charge in [0.1, 0.15) is 13.2 Å². The molecule has 1 atom stereocenters. The third-order valence-electron chi connectivity index (χ3n) is 14.4. The molecule has 0 N–H and O–H groups in total. The smallest absolute Gasteiger partial charge is 0.306 e. The Morgan fingerprint density at radius 3 is 0.765 bits per heavy atom. The van der Waals surface area contributed by atoms with Crippen molar-refractivity contribution in [2.45, 2.75) is 322 Å². The number of hydrogen-bond donors (Lipinski definition) is 0. The fraction of sp³-hybridized carbons (Fsp3) is 0.693. The summed E-state index contributed by atoms with van der Waals surface area (Å²) in [4.78, 5) is 38.4. The lowest BCUT2D eigenvalue weighted by atomic mass is 10.0. The maximum Gasteiger partial charge on any atom is 0.306 e. The first-order valence-corrected chi connectivity index (χ1v) is 34.0. The molecule has 0 aliphatic carbocycles. The van der Waals surface area contributed by atoms with Gasteiger partial charge in [-0.05, 0) is 128 Å². The summed E-state index contributed by atoms with van der Waals surface area (Å²) in [7, 11) is 0. The highest BCUT2D eigenvalue weighted by molar-refractivity contribution is 5.71. The Hall–Kier alpha value is -4.19. The first-order valence-electron chi connectivity index (χ1n) is 34.0. The van der Waals surface area contributed by atoms with Crippen LogP contribution in [0, 0.1) is 0 Å². The predicted molar refractivity (Wildman–Crippen MR) is 353 cm³/mol. The summed E-state index contributed by atoms with van der Waals surface area (Å²) in [5.74, 6) is -0.921. The molecular weight excluding hydrogens is 997 g/mol. The van der Waals surface area contributed by atoms with Crippen LogP contribution in [-0.2, 0) is 28.6 Å². The molecule has 0 saturated heterocycles. The molecule has 0 aromatic carbocycles. The van der Waals surface area contributed by atoms with E-state index in [1.807, 2.05) is 0 Å². The van der Waals surface area contributed by atoms with Gasteiger partial charge in [0.25, 0.3) is 0 Å². The number of carbonyl (C=O) groups is 3. The van der Waals surface area contributed by atoms with Crippen molar-refractivity contribution in [3.63, 3.8) is 0 Å². The Kier molecular flexibility index (Phi) is 64.8. The zero-order valence-corrected chi connectivity index (χ0v) is 53.0. The molecule has 0 aliphatic heterocycles. The van der Waals surface area contributed by atoms with E-state index in [9.17, 15) is 14.4 Å². The van der Waals surface area contributed by atoms with Crippen LogP contribution in [0.2, 0.25) is 0 Å². The quantitative estimate of drug-likeness (QED) is 0.0261. The second kappa shape index (κ2) is 68.3. The molecule has 0 aliphatic rings. The molecule has 0 saturated carbocycles. The number of rotatable bonds is 61. The van der Waals surface area contributed by atoms with Crippen LogP contribution in [0.1, 0.15) is 316 Å². The standard InChI is InChI=1S/C75H126O6/c1-4-7-10-13-16-19-22-25-27-29-31-33-35-37-39-41-43-45-47-50-53-56-59-62-65-68-74(77)80-71-72(70-79-73(76)67-64-61-58-55-52-49-24-21-18-15-12-9-6-3)81-75(78)69-66-63-60-57-54-51-48-46-44-42-40-38-36-34-32-30-28-26-23-20-17-14-11-8-5-2/h7,9-10,12,16,18-19,21,23,25-27,30-33,37,39,49,52,72H,4-6,8,11,13-15,17,20,22,24,28-29,34-36,38,40-48,50-51,53-71H2,1-3H3/b10-7-,12-9-,19-16-,21-18-,26-23-,27-25-,32-30-,33-31-,39-37-,52-49-. The molecular formula is C75H126O6. The van der Waals surface area contributed by atoms with Crippen LogP contribution in [0.15, 0.2) is 122 Å². The maximum atomic E-state index is 12.9. The zero-order valence-electron chi connectivity index (χ0n) is 53.0. The zero-order chi connectivity index (χ0) is 58.5. The van der Waals surface area contributed by atoms with Crippen molar-refractivity contribution in [1.82, 2.24) is 0 Å². The van der Waals surface area contributed by atoms with E-state index in [-0.39, 0.29) is 31.1 Å². The van der Waals surface area contributed by atoms with Crippen molar-refractivity contribution in [2.75, 3.05) is 13.2 Å².